The molecule has 0 aromatic carbocycles. The van der Waals surface area contributed by atoms with Crippen LogP contribution in [0.5, 0.6) is 0 Å². The second kappa shape index (κ2) is 6.01. The molecule has 0 aliphatic carbocycles. The molecule has 1 aromatic rings. The lowest BCUT2D eigenvalue weighted by Gasteiger charge is -2.19. The van der Waals surface area contributed by atoms with Gasteiger partial charge in [-0.2, -0.15) is 0 Å². The van der Waals surface area contributed by atoms with E-state index in [9.17, 15) is 9.90 Å². The molecule has 2 unspecified atom stereocenters. The summed E-state index contributed by atoms with van der Waals surface area (Å²) in [5.74, 6) is -0.775. The average molecular weight is 242 g/mol. The van der Waals surface area contributed by atoms with Crippen LogP contribution in [0.2, 0.25) is 0 Å². The van der Waals surface area contributed by atoms with Gasteiger partial charge < -0.3 is 9.84 Å². The van der Waals surface area contributed by atoms with Gasteiger partial charge in [0.1, 0.15) is 6.10 Å². The molecule has 0 spiro atoms. The number of thiophene rings is 1. The molecule has 0 radical (unpaired) electrons. The van der Waals surface area contributed by atoms with E-state index in [0.29, 0.717) is 13.0 Å². The van der Waals surface area contributed by atoms with Crippen molar-refractivity contribution in [1.82, 2.24) is 0 Å². The van der Waals surface area contributed by atoms with Gasteiger partial charge in [-0.15, -0.1) is 11.3 Å². The standard InChI is InChI=1S/C12H18O3S/c1-4-9(12(14)15-5-2)10(13)11-8(3)6-7-16-11/h6-7,9-10,13H,4-5H2,1-3H3. The van der Waals surface area contributed by atoms with E-state index >= 15 is 0 Å². The summed E-state index contributed by atoms with van der Waals surface area (Å²) >= 11 is 1.48. The van der Waals surface area contributed by atoms with E-state index in [0.717, 1.165) is 10.4 Å². The highest BCUT2D eigenvalue weighted by atomic mass is 32.1. The molecule has 1 heterocycles. The lowest BCUT2D eigenvalue weighted by molar-refractivity contribution is -0.152. The Morgan fingerprint density at radius 3 is 2.69 bits per heavy atom. The molecule has 1 rings (SSSR count). The fourth-order valence-corrected chi connectivity index (χ4v) is 2.61. The number of rotatable bonds is 5. The maximum absolute atomic E-state index is 11.6. The Labute approximate surface area is 100 Å². The van der Waals surface area contributed by atoms with E-state index < -0.39 is 12.0 Å². The molecule has 0 saturated heterocycles. The first kappa shape index (κ1) is 13.2. The van der Waals surface area contributed by atoms with Gasteiger partial charge in [0.05, 0.1) is 12.5 Å². The molecule has 90 valence electrons. The van der Waals surface area contributed by atoms with Crippen LogP contribution in [-0.4, -0.2) is 17.7 Å². The smallest absolute Gasteiger partial charge is 0.311 e. The molecule has 16 heavy (non-hydrogen) atoms. The van der Waals surface area contributed by atoms with Crippen molar-refractivity contribution in [2.75, 3.05) is 6.61 Å². The second-order valence-electron chi connectivity index (χ2n) is 3.68. The van der Waals surface area contributed by atoms with Crippen molar-refractivity contribution in [2.24, 2.45) is 5.92 Å². The summed E-state index contributed by atoms with van der Waals surface area (Å²) < 4.78 is 4.96. The highest BCUT2D eigenvalue weighted by Gasteiger charge is 2.29. The molecule has 1 aromatic heterocycles. The van der Waals surface area contributed by atoms with Gasteiger partial charge in [0.2, 0.25) is 0 Å². The van der Waals surface area contributed by atoms with Crippen LogP contribution in [0.3, 0.4) is 0 Å². The highest BCUT2D eigenvalue weighted by molar-refractivity contribution is 7.10. The Balaban J connectivity index is 2.81. The number of aliphatic hydroxyl groups excluding tert-OH is 1. The third kappa shape index (κ3) is 2.83. The van der Waals surface area contributed by atoms with Crippen LogP contribution in [0.1, 0.15) is 36.8 Å². The Kier molecular flexibility index (Phi) is 4.96. The first-order chi connectivity index (χ1) is 7.61. The topological polar surface area (TPSA) is 46.5 Å². The van der Waals surface area contributed by atoms with Crippen LogP contribution in [0.4, 0.5) is 0 Å². The number of carbonyl (C=O) groups is 1. The minimum atomic E-state index is -0.746. The summed E-state index contributed by atoms with van der Waals surface area (Å²) in [5.41, 5.74) is 1.03. The zero-order chi connectivity index (χ0) is 12.1. The zero-order valence-electron chi connectivity index (χ0n) is 9.90. The summed E-state index contributed by atoms with van der Waals surface area (Å²) in [5, 5.41) is 12.1. The summed E-state index contributed by atoms with van der Waals surface area (Å²) in [4.78, 5) is 12.5. The van der Waals surface area contributed by atoms with Crippen LogP contribution >= 0.6 is 11.3 Å². The fraction of sp³-hybridized carbons (Fsp3) is 0.583. The molecule has 3 nitrogen and oxygen atoms in total. The molecular formula is C12H18O3S. The van der Waals surface area contributed by atoms with E-state index in [4.69, 9.17) is 4.74 Å². The van der Waals surface area contributed by atoms with Crippen molar-refractivity contribution in [3.8, 4) is 0 Å². The van der Waals surface area contributed by atoms with Gasteiger partial charge in [0, 0.05) is 4.88 Å². The van der Waals surface area contributed by atoms with Gasteiger partial charge in [0.25, 0.3) is 0 Å². The third-order valence-corrected chi connectivity index (χ3v) is 3.67. The van der Waals surface area contributed by atoms with E-state index in [2.05, 4.69) is 0 Å². The van der Waals surface area contributed by atoms with Crippen molar-refractivity contribution in [3.05, 3.63) is 21.9 Å². The van der Waals surface area contributed by atoms with E-state index in [1.54, 1.807) is 6.92 Å². The fourth-order valence-electron chi connectivity index (χ4n) is 1.64. The summed E-state index contributed by atoms with van der Waals surface area (Å²) in [6.45, 7) is 5.94. The van der Waals surface area contributed by atoms with Crippen molar-refractivity contribution in [3.63, 3.8) is 0 Å². The minimum absolute atomic E-state index is 0.315. The molecule has 0 fully saturated rings. The maximum atomic E-state index is 11.6. The van der Waals surface area contributed by atoms with Gasteiger partial charge in [-0.3, -0.25) is 4.79 Å². The molecule has 1 N–H and O–H groups in total. The van der Waals surface area contributed by atoms with Crippen molar-refractivity contribution in [1.29, 1.82) is 0 Å². The lowest BCUT2D eigenvalue weighted by Crippen LogP contribution is -2.23. The molecule has 0 aliphatic heterocycles. The molecule has 0 aliphatic rings. The summed E-state index contributed by atoms with van der Waals surface area (Å²) in [6.07, 6.45) is -0.166. The van der Waals surface area contributed by atoms with Crippen LogP contribution < -0.4 is 0 Å². The molecule has 2 atom stereocenters. The first-order valence-corrected chi connectivity index (χ1v) is 6.38. The van der Waals surface area contributed by atoms with E-state index in [1.807, 2.05) is 25.3 Å². The predicted octanol–water partition coefficient (Wildman–Crippen LogP) is 2.68. The van der Waals surface area contributed by atoms with Crippen molar-refractivity contribution < 1.29 is 14.6 Å². The number of esters is 1. The van der Waals surface area contributed by atoms with Gasteiger partial charge >= 0.3 is 5.97 Å². The molecular weight excluding hydrogens is 224 g/mol. The Bertz CT molecular complexity index is 346. The summed E-state index contributed by atoms with van der Waals surface area (Å²) in [7, 11) is 0. The van der Waals surface area contributed by atoms with Crippen LogP contribution in [0.25, 0.3) is 0 Å². The van der Waals surface area contributed by atoms with E-state index in [-0.39, 0.29) is 5.97 Å². The van der Waals surface area contributed by atoms with Gasteiger partial charge in [-0.1, -0.05) is 6.92 Å². The lowest BCUT2D eigenvalue weighted by atomic mass is 9.97. The Morgan fingerprint density at radius 1 is 1.56 bits per heavy atom. The molecule has 0 amide bonds. The largest absolute Gasteiger partial charge is 0.466 e. The first-order valence-electron chi connectivity index (χ1n) is 5.50. The molecule has 4 heteroatoms. The zero-order valence-corrected chi connectivity index (χ0v) is 10.7. The van der Waals surface area contributed by atoms with Gasteiger partial charge in [-0.25, -0.2) is 0 Å². The number of hydrogen-bond acceptors (Lipinski definition) is 4. The van der Waals surface area contributed by atoms with Crippen LogP contribution in [-0.2, 0) is 9.53 Å². The normalized spacial score (nSPS) is 14.5. The number of carbonyl (C=O) groups excluding carboxylic acids is 1. The monoisotopic (exact) mass is 242 g/mol. The number of hydrogen-bond donors (Lipinski definition) is 1. The maximum Gasteiger partial charge on any atom is 0.311 e. The molecule has 0 saturated carbocycles. The van der Waals surface area contributed by atoms with Crippen LogP contribution in [0.15, 0.2) is 11.4 Å². The number of ether oxygens (including phenoxy) is 1. The quantitative estimate of drug-likeness (QED) is 0.807. The van der Waals surface area contributed by atoms with Crippen LogP contribution in [0, 0.1) is 12.8 Å². The van der Waals surface area contributed by atoms with Gasteiger partial charge in [0.15, 0.2) is 0 Å². The Morgan fingerprint density at radius 2 is 2.25 bits per heavy atom. The average Bonchev–Trinajstić information content (AvgIpc) is 2.65. The van der Waals surface area contributed by atoms with Crippen molar-refractivity contribution in [2.45, 2.75) is 33.3 Å². The summed E-state index contributed by atoms with van der Waals surface area (Å²) in [6, 6.07) is 1.95. The highest BCUT2D eigenvalue weighted by Crippen LogP contribution is 2.31. The predicted molar refractivity (Wildman–Crippen MR) is 64.4 cm³/mol. The SMILES string of the molecule is CCOC(=O)C(CC)C(O)c1sccc1C. The Hall–Kier alpha value is -0.870. The van der Waals surface area contributed by atoms with Gasteiger partial charge in [-0.05, 0) is 37.3 Å². The number of aryl methyl sites for hydroxylation is 1. The minimum Gasteiger partial charge on any atom is -0.466 e. The van der Waals surface area contributed by atoms with E-state index in [1.165, 1.54) is 11.3 Å². The van der Waals surface area contributed by atoms with Crippen molar-refractivity contribution >= 4 is 17.3 Å². The third-order valence-electron chi connectivity index (χ3n) is 2.58. The molecule has 0 bridgehead atoms. The second-order valence-corrected chi connectivity index (χ2v) is 4.63. The number of aliphatic hydroxyl groups is 1.